The number of carbonyl (C=O) groups excluding carboxylic acids is 1. The monoisotopic (exact) mass is 264 g/mol. The summed E-state index contributed by atoms with van der Waals surface area (Å²) in [6.07, 6.45) is 2.18. The smallest absolute Gasteiger partial charge is 0.237 e. The molecular formula is C11H24N2O3S. The zero-order chi connectivity index (χ0) is 13.6. The van der Waals surface area contributed by atoms with Gasteiger partial charge in [0.15, 0.2) is 0 Å². The molecule has 0 aromatic rings. The fraction of sp³-hybridized carbons (Fsp3) is 0.909. The van der Waals surface area contributed by atoms with Crippen LogP contribution in [0.1, 0.15) is 40.5 Å². The summed E-state index contributed by atoms with van der Waals surface area (Å²) < 4.78 is 22.3. The molecule has 0 bridgehead atoms. The topological polar surface area (TPSA) is 66.5 Å². The lowest BCUT2D eigenvalue weighted by Gasteiger charge is -2.24. The van der Waals surface area contributed by atoms with Crippen molar-refractivity contribution < 1.29 is 13.2 Å². The van der Waals surface area contributed by atoms with E-state index in [0.717, 1.165) is 12.7 Å². The summed E-state index contributed by atoms with van der Waals surface area (Å²) in [6.45, 7) is 8.33. The molecule has 0 rings (SSSR count). The number of amides is 1. The third kappa shape index (κ3) is 9.12. The van der Waals surface area contributed by atoms with Crippen LogP contribution in [-0.4, -0.2) is 32.1 Å². The number of hydrogen-bond acceptors (Lipinski definition) is 3. The van der Waals surface area contributed by atoms with Crippen molar-refractivity contribution in [3.8, 4) is 0 Å². The van der Waals surface area contributed by atoms with Crippen LogP contribution in [0.15, 0.2) is 0 Å². The van der Waals surface area contributed by atoms with Crippen LogP contribution in [0.25, 0.3) is 0 Å². The van der Waals surface area contributed by atoms with Gasteiger partial charge in [0.2, 0.25) is 15.9 Å². The molecule has 5 nitrogen and oxygen atoms in total. The summed E-state index contributed by atoms with van der Waals surface area (Å²) in [7, 11) is -3.40. The van der Waals surface area contributed by atoms with E-state index in [1.807, 2.05) is 27.7 Å². The summed E-state index contributed by atoms with van der Waals surface area (Å²) in [4.78, 5) is 14.1. The highest BCUT2D eigenvalue weighted by Crippen LogP contribution is 2.07. The van der Waals surface area contributed by atoms with Crippen molar-refractivity contribution in [2.75, 3.05) is 12.8 Å². The third-order valence-electron chi connectivity index (χ3n) is 2.06. The van der Waals surface area contributed by atoms with Crippen molar-refractivity contribution in [2.24, 2.45) is 11.8 Å². The van der Waals surface area contributed by atoms with E-state index in [-0.39, 0.29) is 11.8 Å². The largest absolute Gasteiger partial charge is 0.273 e. The van der Waals surface area contributed by atoms with Crippen LogP contribution >= 0.6 is 0 Å². The minimum Gasteiger partial charge on any atom is -0.273 e. The average molecular weight is 264 g/mol. The first-order chi connectivity index (χ1) is 7.61. The second kappa shape index (κ2) is 6.96. The maximum Gasteiger partial charge on any atom is 0.237 e. The minimum atomic E-state index is -3.40. The van der Waals surface area contributed by atoms with Crippen molar-refractivity contribution in [3.63, 3.8) is 0 Å². The second-order valence-corrected chi connectivity index (χ2v) is 6.92. The van der Waals surface area contributed by atoms with Gasteiger partial charge in [-0.2, -0.15) is 0 Å². The van der Waals surface area contributed by atoms with E-state index in [0.29, 0.717) is 18.9 Å². The summed E-state index contributed by atoms with van der Waals surface area (Å²) >= 11 is 0. The van der Waals surface area contributed by atoms with E-state index in [2.05, 4.69) is 4.83 Å². The molecule has 0 aliphatic rings. The fourth-order valence-electron chi connectivity index (χ4n) is 1.30. The van der Waals surface area contributed by atoms with Gasteiger partial charge in [-0.25, -0.2) is 8.42 Å². The SMILES string of the molecule is CC(C)CCC(=O)N(CC(C)C)NS(C)(=O)=O. The van der Waals surface area contributed by atoms with Crippen molar-refractivity contribution in [3.05, 3.63) is 0 Å². The van der Waals surface area contributed by atoms with Gasteiger partial charge in [0.1, 0.15) is 0 Å². The normalized spacial score (nSPS) is 12.2. The Morgan fingerprint density at radius 3 is 2.06 bits per heavy atom. The molecule has 1 amide bonds. The molecule has 0 radical (unpaired) electrons. The molecular weight excluding hydrogens is 240 g/mol. The van der Waals surface area contributed by atoms with Crippen LogP contribution in [0.2, 0.25) is 0 Å². The molecule has 102 valence electrons. The van der Waals surface area contributed by atoms with Gasteiger partial charge in [0, 0.05) is 13.0 Å². The van der Waals surface area contributed by atoms with Crippen LogP contribution < -0.4 is 4.83 Å². The number of nitrogens with one attached hydrogen (secondary N) is 1. The Hall–Kier alpha value is -0.620. The third-order valence-corrected chi connectivity index (χ3v) is 2.61. The Labute approximate surface area is 105 Å². The number of nitrogens with zero attached hydrogens (tertiary/aromatic N) is 1. The number of hydrazine groups is 1. The highest BCUT2D eigenvalue weighted by molar-refractivity contribution is 7.88. The van der Waals surface area contributed by atoms with E-state index in [1.54, 1.807) is 0 Å². The zero-order valence-corrected chi connectivity index (χ0v) is 12.2. The van der Waals surface area contributed by atoms with Gasteiger partial charge >= 0.3 is 0 Å². The van der Waals surface area contributed by atoms with E-state index in [4.69, 9.17) is 0 Å². The molecule has 0 fully saturated rings. The molecule has 0 aliphatic carbocycles. The van der Waals surface area contributed by atoms with E-state index in [1.165, 1.54) is 5.01 Å². The van der Waals surface area contributed by atoms with Crippen LogP contribution in [0.4, 0.5) is 0 Å². The lowest BCUT2D eigenvalue weighted by atomic mass is 10.1. The summed E-state index contributed by atoms with van der Waals surface area (Å²) in [5.41, 5.74) is 0. The van der Waals surface area contributed by atoms with Gasteiger partial charge in [-0.05, 0) is 18.3 Å². The summed E-state index contributed by atoms with van der Waals surface area (Å²) in [5, 5.41) is 1.21. The van der Waals surface area contributed by atoms with Crippen molar-refractivity contribution >= 4 is 15.9 Å². The Balaban J connectivity index is 4.51. The van der Waals surface area contributed by atoms with Gasteiger partial charge in [0.05, 0.1) is 6.26 Å². The molecule has 0 aromatic carbocycles. The predicted octanol–water partition coefficient (Wildman–Crippen LogP) is 1.37. The summed E-state index contributed by atoms with van der Waals surface area (Å²) in [5.74, 6) is 0.475. The predicted molar refractivity (Wildman–Crippen MR) is 68.6 cm³/mol. The highest BCUT2D eigenvalue weighted by Gasteiger charge is 2.18. The lowest BCUT2D eigenvalue weighted by molar-refractivity contribution is -0.133. The Bertz CT molecular complexity index is 337. The maximum absolute atomic E-state index is 11.9. The first-order valence-electron chi connectivity index (χ1n) is 5.89. The van der Waals surface area contributed by atoms with E-state index < -0.39 is 10.0 Å². The van der Waals surface area contributed by atoms with Crippen molar-refractivity contribution in [1.29, 1.82) is 0 Å². The van der Waals surface area contributed by atoms with Crippen LogP contribution in [-0.2, 0) is 14.8 Å². The molecule has 1 N–H and O–H groups in total. The average Bonchev–Trinajstić information content (AvgIpc) is 2.09. The maximum atomic E-state index is 11.9. The van der Waals surface area contributed by atoms with E-state index >= 15 is 0 Å². The molecule has 0 aromatic heterocycles. The standard InChI is InChI=1S/C11H24N2O3S/c1-9(2)6-7-11(14)13(8-10(3)4)12-17(5,15)16/h9-10,12H,6-8H2,1-5H3. The quantitative estimate of drug-likeness (QED) is 0.706. The Morgan fingerprint density at radius 1 is 1.18 bits per heavy atom. The van der Waals surface area contributed by atoms with Crippen molar-refractivity contribution in [1.82, 2.24) is 9.84 Å². The molecule has 17 heavy (non-hydrogen) atoms. The van der Waals surface area contributed by atoms with Gasteiger partial charge in [0.25, 0.3) is 0 Å². The molecule has 0 saturated heterocycles. The molecule has 6 heteroatoms. The van der Waals surface area contributed by atoms with Gasteiger partial charge in [-0.3, -0.25) is 9.80 Å². The lowest BCUT2D eigenvalue weighted by Crippen LogP contribution is -2.47. The first kappa shape index (κ1) is 16.4. The van der Waals surface area contributed by atoms with Crippen molar-refractivity contribution in [2.45, 2.75) is 40.5 Å². The van der Waals surface area contributed by atoms with Gasteiger partial charge in [-0.15, -0.1) is 4.83 Å². The number of carbonyl (C=O) groups is 1. The van der Waals surface area contributed by atoms with Crippen LogP contribution in [0, 0.1) is 11.8 Å². The van der Waals surface area contributed by atoms with Gasteiger partial charge < -0.3 is 0 Å². The van der Waals surface area contributed by atoms with E-state index in [9.17, 15) is 13.2 Å². The Morgan fingerprint density at radius 2 is 1.71 bits per heavy atom. The van der Waals surface area contributed by atoms with Crippen LogP contribution in [0.3, 0.4) is 0 Å². The molecule has 0 saturated carbocycles. The molecule has 0 unspecified atom stereocenters. The number of rotatable bonds is 7. The molecule has 0 heterocycles. The number of sulfonamides is 1. The number of hydrogen-bond donors (Lipinski definition) is 1. The van der Waals surface area contributed by atoms with Crippen LogP contribution in [0.5, 0.6) is 0 Å². The summed E-state index contributed by atoms with van der Waals surface area (Å²) in [6, 6.07) is 0. The fourth-order valence-corrected chi connectivity index (χ4v) is 1.88. The molecule has 0 atom stereocenters. The molecule has 0 spiro atoms. The first-order valence-corrected chi connectivity index (χ1v) is 7.78. The van der Waals surface area contributed by atoms with Gasteiger partial charge in [-0.1, -0.05) is 27.7 Å². The minimum absolute atomic E-state index is 0.169. The zero-order valence-electron chi connectivity index (χ0n) is 11.4. The second-order valence-electron chi connectivity index (χ2n) is 5.19. The Kier molecular flexibility index (Phi) is 6.70. The highest BCUT2D eigenvalue weighted by atomic mass is 32.2. The molecule has 0 aliphatic heterocycles.